The zero-order valence-electron chi connectivity index (χ0n) is 8.86. The molecule has 0 spiro atoms. The average molecular weight is 206 g/mol. The topological polar surface area (TPSA) is 46.5 Å². The van der Waals surface area contributed by atoms with E-state index in [1.165, 1.54) is 6.92 Å². The Balaban J connectivity index is 2.96. The Morgan fingerprint density at radius 2 is 2.27 bits per heavy atom. The number of hydrogen-bond acceptors (Lipinski definition) is 2. The summed E-state index contributed by atoms with van der Waals surface area (Å²) in [6.07, 6.45) is 0.786. The number of hydrogen-bond donors (Lipinski definition) is 1. The summed E-state index contributed by atoms with van der Waals surface area (Å²) < 4.78 is 5.31. The molecular weight excluding hydrogens is 192 g/mol. The Bertz CT molecular complexity index is 382. The lowest BCUT2D eigenvalue weighted by atomic mass is 10.1. The molecule has 0 fully saturated rings. The van der Waals surface area contributed by atoms with E-state index in [-0.39, 0.29) is 0 Å². The van der Waals surface area contributed by atoms with E-state index >= 15 is 0 Å². The molecule has 1 unspecified atom stereocenters. The van der Waals surface area contributed by atoms with E-state index in [2.05, 4.69) is 6.58 Å². The summed E-state index contributed by atoms with van der Waals surface area (Å²) in [5.41, 5.74) is 1.82. The molecular formula is C12H14O3. The van der Waals surface area contributed by atoms with E-state index in [1.54, 1.807) is 12.1 Å². The van der Waals surface area contributed by atoms with Gasteiger partial charge in [-0.05, 0) is 25.5 Å². The fourth-order valence-electron chi connectivity index (χ4n) is 1.15. The molecule has 0 saturated carbocycles. The van der Waals surface area contributed by atoms with Gasteiger partial charge in [0.15, 0.2) is 6.10 Å². The van der Waals surface area contributed by atoms with Crippen molar-refractivity contribution in [3.8, 4) is 5.75 Å². The van der Waals surface area contributed by atoms with E-state index in [0.717, 1.165) is 11.1 Å². The van der Waals surface area contributed by atoms with Crippen LogP contribution in [0.25, 0.3) is 6.08 Å². The maximum Gasteiger partial charge on any atom is 0.344 e. The molecule has 0 amide bonds. The van der Waals surface area contributed by atoms with Gasteiger partial charge in [-0.15, -0.1) is 0 Å². The van der Waals surface area contributed by atoms with Crippen molar-refractivity contribution in [3.05, 3.63) is 35.9 Å². The predicted molar refractivity (Wildman–Crippen MR) is 59.0 cm³/mol. The van der Waals surface area contributed by atoms with Crippen molar-refractivity contribution in [1.82, 2.24) is 0 Å². The Morgan fingerprint density at radius 3 is 2.80 bits per heavy atom. The number of rotatable bonds is 4. The minimum atomic E-state index is -0.980. The van der Waals surface area contributed by atoms with E-state index in [4.69, 9.17) is 9.84 Å². The SMILES string of the molecule is C=Cc1ccc(C)cc1OC(C)C(=O)O. The van der Waals surface area contributed by atoms with Gasteiger partial charge in [0.25, 0.3) is 0 Å². The Labute approximate surface area is 89.0 Å². The summed E-state index contributed by atoms with van der Waals surface area (Å²) in [6, 6.07) is 5.58. The molecule has 1 aromatic rings. The molecule has 3 nitrogen and oxygen atoms in total. The van der Waals surface area contributed by atoms with Crippen molar-refractivity contribution in [1.29, 1.82) is 0 Å². The van der Waals surface area contributed by atoms with Crippen molar-refractivity contribution in [2.24, 2.45) is 0 Å². The molecule has 1 aromatic carbocycles. The number of carboxylic acids is 1. The van der Waals surface area contributed by atoms with Crippen molar-refractivity contribution in [2.45, 2.75) is 20.0 Å². The molecule has 0 aliphatic carbocycles. The standard InChI is InChI=1S/C12H14O3/c1-4-10-6-5-8(2)7-11(10)15-9(3)12(13)14/h4-7,9H,1H2,2-3H3,(H,13,14). The van der Waals surface area contributed by atoms with Gasteiger partial charge in [0.05, 0.1) is 0 Å². The smallest absolute Gasteiger partial charge is 0.344 e. The van der Waals surface area contributed by atoms with Gasteiger partial charge >= 0.3 is 5.97 Å². The van der Waals surface area contributed by atoms with Crippen LogP contribution in [-0.2, 0) is 4.79 Å². The van der Waals surface area contributed by atoms with E-state index < -0.39 is 12.1 Å². The second kappa shape index (κ2) is 4.64. The van der Waals surface area contributed by atoms with Crippen LogP contribution in [-0.4, -0.2) is 17.2 Å². The first kappa shape index (κ1) is 11.3. The van der Waals surface area contributed by atoms with Crippen molar-refractivity contribution in [2.75, 3.05) is 0 Å². The summed E-state index contributed by atoms with van der Waals surface area (Å²) in [4.78, 5) is 10.6. The summed E-state index contributed by atoms with van der Waals surface area (Å²) in [6.45, 7) is 7.07. The molecule has 1 atom stereocenters. The number of carbonyl (C=O) groups is 1. The quantitative estimate of drug-likeness (QED) is 0.823. The van der Waals surface area contributed by atoms with Gasteiger partial charge in [-0.2, -0.15) is 0 Å². The zero-order chi connectivity index (χ0) is 11.4. The zero-order valence-corrected chi connectivity index (χ0v) is 8.86. The van der Waals surface area contributed by atoms with Crippen molar-refractivity contribution in [3.63, 3.8) is 0 Å². The minimum absolute atomic E-state index is 0.555. The maximum absolute atomic E-state index is 10.6. The summed E-state index contributed by atoms with van der Waals surface area (Å²) in [5.74, 6) is -0.425. The van der Waals surface area contributed by atoms with E-state index in [9.17, 15) is 4.79 Å². The van der Waals surface area contributed by atoms with Gasteiger partial charge in [0, 0.05) is 5.56 Å². The van der Waals surface area contributed by atoms with E-state index in [0.29, 0.717) is 5.75 Å². The highest BCUT2D eigenvalue weighted by Crippen LogP contribution is 2.22. The highest BCUT2D eigenvalue weighted by Gasteiger charge is 2.13. The first-order valence-corrected chi connectivity index (χ1v) is 4.67. The monoisotopic (exact) mass is 206 g/mol. The van der Waals surface area contributed by atoms with Crippen LogP contribution in [0.2, 0.25) is 0 Å². The minimum Gasteiger partial charge on any atom is -0.479 e. The average Bonchev–Trinajstić information content (AvgIpc) is 2.18. The van der Waals surface area contributed by atoms with Gasteiger partial charge in [0.2, 0.25) is 0 Å². The second-order valence-corrected chi connectivity index (χ2v) is 3.34. The van der Waals surface area contributed by atoms with Gasteiger partial charge < -0.3 is 9.84 Å². The van der Waals surface area contributed by atoms with Crippen molar-refractivity contribution < 1.29 is 14.6 Å². The molecule has 0 aliphatic heterocycles. The lowest BCUT2D eigenvalue weighted by Crippen LogP contribution is -2.23. The molecule has 3 heteroatoms. The third kappa shape index (κ3) is 2.84. The normalized spacial score (nSPS) is 11.9. The summed E-state index contributed by atoms with van der Waals surface area (Å²) in [5, 5.41) is 8.73. The molecule has 0 saturated heterocycles. The molecule has 1 N–H and O–H groups in total. The summed E-state index contributed by atoms with van der Waals surface area (Å²) in [7, 11) is 0. The molecule has 0 heterocycles. The van der Waals surface area contributed by atoms with Crippen LogP contribution >= 0.6 is 0 Å². The molecule has 0 aliphatic rings. The molecule has 0 aromatic heterocycles. The molecule has 1 rings (SSSR count). The Kier molecular flexibility index (Phi) is 3.50. The third-order valence-electron chi connectivity index (χ3n) is 2.04. The number of benzene rings is 1. The largest absolute Gasteiger partial charge is 0.479 e. The maximum atomic E-state index is 10.6. The number of ether oxygens (including phenoxy) is 1. The fraction of sp³-hybridized carbons (Fsp3) is 0.250. The van der Waals surface area contributed by atoms with Gasteiger partial charge in [-0.25, -0.2) is 4.79 Å². The van der Waals surface area contributed by atoms with Gasteiger partial charge in [-0.1, -0.05) is 24.8 Å². The highest BCUT2D eigenvalue weighted by molar-refractivity contribution is 5.72. The molecule has 0 bridgehead atoms. The number of aryl methyl sites for hydroxylation is 1. The second-order valence-electron chi connectivity index (χ2n) is 3.34. The Hall–Kier alpha value is -1.77. The third-order valence-corrected chi connectivity index (χ3v) is 2.04. The lowest BCUT2D eigenvalue weighted by Gasteiger charge is -2.13. The van der Waals surface area contributed by atoms with Gasteiger partial charge in [0.1, 0.15) is 5.75 Å². The van der Waals surface area contributed by atoms with Gasteiger partial charge in [-0.3, -0.25) is 0 Å². The summed E-state index contributed by atoms with van der Waals surface area (Å²) >= 11 is 0. The molecule has 0 radical (unpaired) electrons. The van der Waals surface area contributed by atoms with Crippen molar-refractivity contribution >= 4 is 12.0 Å². The van der Waals surface area contributed by atoms with Crippen LogP contribution in [0.4, 0.5) is 0 Å². The van der Waals surface area contributed by atoms with Crippen LogP contribution in [0.1, 0.15) is 18.1 Å². The van der Waals surface area contributed by atoms with Crippen LogP contribution in [0.5, 0.6) is 5.75 Å². The number of aliphatic carboxylic acids is 1. The number of carboxylic acid groups (broad SMARTS) is 1. The van der Waals surface area contributed by atoms with Crippen LogP contribution in [0.15, 0.2) is 24.8 Å². The first-order chi connectivity index (χ1) is 7.04. The Morgan fingerprint density at radius 1 is 1.60 bits per heavy atom. The first-order valence-electron chi connectivity index (χ1n) is 4.67. The predicted octanol–water partition coefficient (Wildman–Crippen LogP) is 2.49. The van der Waals surface area contributed by atoms with Crippen LogP contribution < -0.4 is 4.74 Å². The molecule has 15 heavy (non-hydrogen) atoms. The molecule has 80 valence electrons. The van der Waals surface area contributed by atoms with E-state index in [1.807, 2.05) is 19.1 Å². The fourth-order valence-corrected chi connectivity index (χ4v) is 1.15. The lowest BCUT2D eigenvalue weighted by molar-refractivity contribution is -0.144. The van der Waals surface area contributed by atoms with Crippen LogP contribution in [0, 0.1) is 6.92 Å². The highest BCUT2D eigenvalue weighted by atomic mass is 16.5. The van der Waals surface area contributed by atoms with Crippen LogP contribution in [0.3, 0.4) is 0 Å².